The number of hydrogen-bond acceptors (Lipinski definition) is 4. The van der Waals surface area contributed by atoms with Crippen LogP contribution in [0.15, 0.2) is 36.0 Å². The van der Waals surface area contributed by atoms with Crippen LogP contribution in [0.25, 0.3) is 0 Å². The summed E-state index contributed by atoms with van der Waals surface area (Å²) in [6, 6.07) is 5.79. The Labute approximate surface area is 148 Å². The first-order valence-electron chi connectivity index (χ1n) is 8.88. The summed E-state index contributed by atoms with van der Waals surface area (Å²) in [5.41, 5.74) is 5.74. The molecule has 1 N–H and O–H groups in total. The smallest absolute Gasteiger partial charge is 0.237 e. The van der Waals surface area contributed by atoms with Gasteiger partial charge in [-0.2, -0.15) is 5.10 Å². The molecule has 0 unspecified atom stereocenters. The average Bonchev–Trinajstić information content (AvgIpc) is 2.74. The van der Waals surface area contributed by atoms with Crippen molar-refractivity contribution in [1.29, 1.82) is 0 Å². The molecule has 0 atom stereocenters. The maximum atomic E-state index is 12.7. The van der Waals surface area contributed by atoms with Gasteiger partial charge in [0.1, 0.15) is 5.71 Å². The number of Topliss-reactive ketones (excluding diaryl/α,β-unsaturated/α-hetero) is 1. The Balaban J connectivity index is 1.86. The predicted molar refractivity (Wildman–Crippen MR) is 101 cm³/mol. The van der Waals surface area contributed by atoms with E-state index in [-0.39, 0.29) is 11.7 Å². The van der Waals surface area contributed by atoms with E-state index in [1.807, 2.05) is 32.0 Å². The summed E-state index contributed by atoms with van der Waals surface area (Å²) in [6.45, 7) is 8.10. The van der Waals surface area contributed by atoms with Crippen LogP contribution in [-0.2, 0) is 15.0 Å². The summed E-state index contributed by atoms with van der Waals surface area (Å²) in [4.78, 5) is 26.5. The molecule has 0 radical (unpaired) electrons. The number of hydrazone groups is 1. The van der Waals surface area contributed by atoms with Gasteiger partial charge in [0.05, 0.1) is 11.1 Å². The molecule has 132 valence electrons. The minimum absolute atomic E-state index is 0.0739. The number of amides is 1. The molecule has 1 aromatic rings. The maximum Gasteiger partial charge on any atom is 0.237 e. The zero-order valence-corrected chi connectivity index (χ0v) is 15.0. The third-order valence-electron chi connectivity index (χ3n) is 5.01. The molecule has 0 spiro atoms. The largest absolute Gasteiger partial charge is 0.308 e. The maximum absolute atomic E-state index is 12.7. The highest BCUT2D eigenvalue weighted by Gasteiger charge is 2.43. The fourth-order valence-electron chi connectivity index (χ4n) is 3.50. The first-order chi connectivity index (χ1) is 11.9. The number of hydrogen-bond donors (Lipinski definition) is 1. The van der Waals surface area contributed by atoms with E-state index in [1.54, 1.807) is 11.0 Å². The molecular weight excluding hydrogens is 314 g/mol. The Morgan fingerprint density at radius 1 is 1.24 bits per heavy atom. The minimum atomic E-state index is -0.582. The van der Waals surface area contributed by atoms with E-state index >= 15 is 0 Å². The molecule has 1 saturated carbocycles. The van der Waals surface area contributed by atoms with Crippen LogP contribution in [0.1, 0.15) is 51.5 Å². The quantitative estimate of drug-likeness (QED) is 0.516. The molecule has 5 nitrogen and oxygen atoms in total. The standard InChI is InChI=1S/C20H25N3O2/c1-4-12-23-17-11-10-14(13-15(17)20(2,3)19(23)25)21-22-16-8-6-5-7-9-18(16)24/h4,10-11,13,21H,1,5-9,12H2,2-3H3/b22-16+. The highest BCUT2D eigenvalue weighted by molar-refractivity contribution is 6.40. The van der Waals surface area contributed by atoms with Crippen molar-refractivity contribution in [2.45, 2.75) is 51.4 Å². The van der Waals surface area contributed by atoms with Crippen LogP contribution in [0.2, 0.25) is 0 Å². The summed E-state index contributed by atoms with van der Waals surface area (Å²) in [5.74, 6) is 0.212. The van der Waals surface area contributed by atoms with Gasteiger partial charge >= 0.3 is 0 Å². The molecule has 25 heavy (non-hydrogen) atoms. The molecule has 1 aliphatic carbocycles. The molecule has 1 heterocycles. The second-order valence-corrected chi connectivity index (χ2v) is 7.22. The second-order valence-electron chi connectivity index (χ2n) is 7.22. The van der Waals surface area contributed by atoms with Crippen LogP contribution >= 0.6 is 0 Å². The molecule has 1 amide bonds. The summed E-state index contributed by atoms with van der Waals surface area (Å²) >= 11 is 0. The summed E-state index contributed by atoms with van der Waals surface area (Å²) < 4.78 is 0. The van der Waals surface area contributed by atoms with Gasteiger partial charge in [0.25, 0.3) is 0 Å². The van der Waals surface area contributed by atoms with E-state index in [4.69, 9.17) is 0 Å². The number of benzene rings is 1. The van der Waals surface area contributed by atoms with E-state index in [0.29, 0.717) is 18.7 Å². The van der Waals surface area contributed by atoms with Crippen LogP contribution in [0.3, 0.4) is 0 Å². The van der Waals surface area contributed by atoms with Crippen molar-refractivity contribution in [2.24, 2.45) is 5.10 Å². The number of fused-ring (bicyclic) bond motifs is 1. The fraction of sp³-hybridized carbons (Fsp3) is 0.450. The monoisotopic (exact) mass is 339 g/mol. The Morgan fingerprint density at radius 2 is 2.00 bits per heavy atom. The van der Waals surface area contributed by atoms with Crippen LogP contribution < -0.4 is 10.3 Å². The number of nitrogens with one attached hydrogen (secondary N) is 1. The van der Waals surface area contributed by atoms with Gasteiger partial charge in [-0.15, -0.1) is 6.58 Å². The number of nitrogens with zero attached hydrogens (tertiary/aromatic N) is 2. The Morgan fingerprint density at radius 3 is 2.76 bits per heavy atom. The molecule has 3 rings (SSSR count). The van der Waals surface area contributed by atoms with Crippen LogP contribution in [0.4, 0.5) is 11.4 Å². The van der Waals surface area contributed by atoms with Gasteiger partial charge in [-0.3, -0.25) is 15.0 Å². The second kappa shape index (κ2) is 6.82. The number of anilines is 2. The average molecular weight is 339 g/mol. The van der Waals surface area contributed by atoms with Crippen molar-refractivity contribution in [3.05, 3.63) is 36.4 Å². The fourth-order valence-corrected chi connectivity index (χ4v) is 3.50. The first-order valence-corrected chi connectivity index (χ1v) is 8.88. The highest BCUT2D eigenvalue weighted by atomic mass is 16.2. The first kappa shape index (κ1) is 17.4. The van der Waals surface area contributed by atoms with Gasteiger partial charge in [-0.25, -0.2) is 0 Å². The summed E-state index contributed by atoms with van der Waals surface area (Å²) in [7, 11) is 0. The third kappa shape index (κ3) is 3.23. The van der Waals surface area contributed by atoms with Gasteiger partial charge < -0.3 is 4.90 Å². The lowest BCUT2D eigenvalue weighted by atomic mass is 9.86. The van der Waals surface area contributed by atoms with Gasteiger partial charge in [0, 0.05) is 18.7 Å². The number of carbonyl (C=O) groups excluding carboxylic acids is 2. The number of ketones is 1. The zero-order valence-electron chi connectivity index (χ0n) is 15.0. The van der Waals surface area contributed by atoms with Gasteiger partial charge in [-0.05, 0) is 56.9 Å². The molecule has 5 heteroatoms. The Bertz CT molecular complexity index is 749. The summed E-state index contributed by atoms with van der Waals surface area (Å²) in [6.07, 6.45) is 6.09. The topological polar surface area (TPSA) is 61.8 Å². The molecule has 0 saturated heterocycles. The number of carbonyl (C=O) groups is 2. The van der Waals surface area contributed by atoms with E-state index in [1.165, 1.54) is 0 Å². The molecule has 0 bridgehead atoms. The third-order valence-corrected chi connectivity index (χ3v) is 5.01. The zero-order chi connectivity index (χ0) is 18.0. The van der Waals surface area contributed by atoms with E-state index in [0.717, 1.165) is 42.6 Å². The minimum Gasteiger partial charge on any atom is -0.308 e. The van der Waals surface area contributed by atoms with Crippen molar-refractivity contribution in [1.82, 2.24) is 0 Å². The van der Waals surface area contributed by atoms with E-state index in [9.17, 15) is 9.59 Å². The lowest BCUT2D eigenvalue weighted by Crippen LogP contribution is -2.36. The Kier molecular flexibility index (Phi) is 4.75. The molecule has 1 aromatic carbocycles. The van der Waals surface area contributed by atoms with Crippen molar-refractivity contribution in [2.75, 3.05) is 16.9 Å². The van der Waals surface area contributed by atoms with Crippen molar-refractivity contribution in [3.63, 3.8) is 0 Å². The van der Waals surface area contributed by atoms with Gasteiger partial charge in [0.2, 0.25) is 5.91 Å². The molecular formula is C20H25N3O2. The lowest BCUT2D eigenvalue weighted by molar-refractivity contribution is -0.122. The van der Waals surface area contributed by atoms with E-state index in [2.05, 4.69) is 17.1 Å². The van der Waals surface area contributed by atoms with Crippen LogP contribution in [-0.4, -0.2) is 23.9 Å². The van der Waals surface area contributed by atoms with Crippen molar-refractivity contribution in [3.8, 4) is 0 Å². The normalized spacial score (nSPS) is 21.2. The predicted octanol–water partition coefficient (Wildman–Crippen LogP) is 3.80. The molecule has 2 aliphatic rings. The summed E-state index contributed by atoms with van der Waals surface area (Å²) in [5, 5.41) is 4.34. The number of rotatable bonds is 4. The van der Waals surface area contributed by atoms with Gasteiger partial charge in [0.15, 0.2) is 5.78 Å². The highest BCUT2D eigenvalue weighted by Crippen LogP contribution is 2.42. The molecule has 1 aliphatic heterocycles. The SMILES string of the molecule is C=CCN1C(=O)C(C)(C)c2cc(N/N=C3\CCCCCC3=O)ccc21. The molecule has 0 aromatic heterocycles. The van der Waals surface area contributed by atoms with Gasteiger partial charge in [-0.1, -0.05) is 12.5 Å². The Hall–Kier alpha value is -2.43. The van der Waals surface area contributed by atoms with E-state index < -0.39 is 5.41 Å². The van der Waals surface area contributed by atoms with Crippen LogP contribution in [0, 0.1) is 0 Å². The van der Waals surface area contributed by atoms with Crippen molar-refractivity contribution >= 4 is 28.8 Å². The molecule has 1 fully saturated rings. The lowest BCUT2D eigenvalue weighted by Gasteiger charge is -2.18. The van der Waals surface area contributed by atoms with Crippen molar-refractivity contribution < 1.29 is 9.59 Å². The van der Waals surface area contributed by atoms with Crippen LogP contribution in [0.5, 0.6) is 0 Å².